The number of nitrogens with two attached hydrogens (primary N) is 1. The molecule has 30 heavy (non-hydrogen) atoms. The molecule has 1 aromatic heterocycles. The molecule has 0 bridgehead atoms. The Bertz CT molecular complexity index is 1150. The number of primary amides is 1. The summed E-state index contributed by atoms with van der Waals surface area (Å²) in [6.45, 7) is 1.23. The summed E-state index contributed by atoms with van der Waals surface area (Å²) < 4.78 is 0. The van der Waals surface area contributed by atoms with Gasteiger partial charge in [-0.1, -0.05) is 30.3 Å². The number of amides is 2. The van der Waals surface area contributed by atoms with Gasteiger partial charge in [0.25, 0.3) is 23.2 Å². The third-order valence-electron chi connectivity index (χ3n) is 4.36. The van der Waals surface area contributed by atoms with Gasteiger partial charge in [-0.25, -0.2) is 0 Å². The van der Waals surface area contributed by atoms with Crippen molar-refractivity contribution in [3.8, 4) is 11.1 Å². The zero-order valence-corrected chi connectivity index (χ0v) is 16.3. The third kappa shape index (κ3) is 3.86. The maximum absolute atomic E-state index is 12.7. The van der Waals surface area contributed by atoms with Crippen LogP contribution >= 0.6 is 11.3 Å². The van der Waals surface area contributed by atoms with E-state index in [1.807, 2.05) is 0 Å². The number of hydrogen-bond acceptors (Lipinski definition) is 7. The van der Waals surface area contributed by atoms with Crippen LogP contribution < -0.4 is 11.1 Å². The van der Waals surface area contributed by atoms with Gasteiger partial charge in [-0.2, -0.15) is 0 Å². The highest BCUT2D eigenvalue weighted by Gasteiger charge is 2.26. The Labute approximate surface area is 173 Å². The number of carbonyl (C=O) groups is 2. The van der Waals surface area contributed by atoms with Crippen molar-refractivity contribution in [1.29, 1.82) is 0 Å². The average Bonchev–Trinajstić information content (AvgIpc) is 3.12. The molecule has 0 unspecified atom stereocenters. The van der Waals surface area contributed by atoms with Crippen LogP contribution in [-0.4, -0.2) is 21.7 Å². The predicted molar refractivity (Wildman–Crippen MR) is 111 cm³/mol. The van der Waals surface area contributed by atoms with Crippen molar-refractivity contribution in [3.63, 3.8) is 0 Å². The third-order valence-corrected chi connectivity index (χ3v) is 5.25. The summed E-state index contributed by atoms with van der Waals surface area (Å²) in [5.74, 6) is -1.61. The topological polar surface area (TPSA) is 158 Å². The molecule has 0 fully saturated rings. The SMILES string of the molecule is Cc1c([N+](=O)[O-])cc(C(=O)Nc2scc(-c3ccccc3)c2C(N)=O)cc1[N+](=O)[O-]. The summed E-state index contributed by atoms with van der Waals surface area (Å²) in [6, 6.07) is 10.8. The van der Waals surface area contributed by atoms with Crippen molar-refractivity contribution in [1.82, 2.24) is 0 Å². The smallest absolute Gasteiger partial charge is 0.279 e. The Morgan fingerprint density at radius 3 is 2.10 bits per heavy atom. The molecular formula is C19H14N4O6S. The second-order valence-electron chi connectivity index (χ2n) is 6.19. The van der Waals surface area contributed by atoms with Gasteiger partial charge in [-0.15, -0.1) is 11.3 Å². The zero-order valence-electron chi connectivity index (χ0n) is 15.4. The van der Waals surface area contributed by atoms with Crippen LogP contribution in [0, 0.1) is 27.2 Å². The van der Waals surface area contributed by atoms with Crippen LogP contribution in [0.4, 0.5) is 16.4 Å². The van der Waals surface area contributed by atoms with Gasteiger partial charge in [0.1, 0.15) is 10.6 Å². The second-order valence-corrected chi connectivity index (χ2v) is 7.07. The summed E-state index contributed by atoms with van der Waals surface area (Å²) >= 11 is 1.05. The van der Waals surface area contributed by atoms with Gasteiger partial charge in [-0.3, -0.25) is 29.8 Å². The van der Waals surface area contributed by atoms with Gasteiger partial charge in [0.05, 0.1) is 21.0 Å². The van der Waals surface area contributed by atoms with Gasteiger partial charge in [0, 0.05) is 23.1 Å². The lowest BCUT2D eigenvalue weighted by molar-refractivity contribution is -0.395. The van der Waals surface area contributed by atoms with Crippen LogP contribution in [0.2, 0.25) is 0 Å². The van der Waals surface area contributed by atoms with E-state index >= 15 is 0 Å². The minimum absolute atomic E-state index is 0.0793. The first-order valence-corrected chi connectivity index (χ1v) is 9.30. The Morgan fingerprint density at radius 1 is 1.03 bits per heavy atom. The van der Waals surface area contributed by atoms with E-state index in [-0.39, 0.29) is 21.7 Å². The van der Waals surface area contributed by atoms with Crippen LogP contribution in [0.25, 0.3) is 11.1 Å². The molecule has 0 saturated carbocycles. The molecule has 2 amide bonds. The van der Waals surface area contributed by atoms with Crippen molar-refractivity contribution in [2.24, 2.45) is 5.73 Å². The number of nitro groups is 2. The Kier molecular flexibility index (Phi) is 5.56. The summed E-state index contributed by atoms with van der Waals surface area (Å²) in [7, 11) is 0. The van der Waals surface area contributed by atoms with Crippen molar-refractivity contribution >= 4 is 39.5 Å². The van der Waals surface area contributed by atoms with Gasteiger partial charge in [0.15, 0.2) is 0 Å². The van der Waals surface area contributed by atoms with E-state index in [2.05, 4.69) is 5.32 Å². The fourth-order valence-corrected chi connectivity index (χ4v) is 3.86. The lowest BCUT2D eigenvalue weighted by Crippen LogP contribution is -2.17. The normalized spacial score (nSPS) is 10.4. The van der Waals surface area contributed by atoms with E-state index in [4.69, 9.17) is 5.73 Å². The number of nitrogens with zero attached hydrogens (tertiary/aromatic N) is 2. The molecule has 0 aliphatic carbocycles. The molecule has 2 aromatic carbocycles. The summed E-state index contributed by atoms with van der Waals surface area (Å²) in [6.07, 6.45) is 0. The number of hydrogen-bond donors (Lipinski definition) is 2. The van der Waals surface area contributed by atoms with Crippen LogP contribution in [0.5, 0.6) is 0 Å². The highest BCUT2D eigenvalue weighted by atomic mass is 32.1. The molecular weight excluding hydrogens is 412 g/mol. The van der Waals surface area contributed by atoms with E-state index in [1.165, 1.54) is 6.92 Å². The Morgan fingerprint density at radius 2 is 1.60 bits per heavy atom. The van der Waals surface area contributed by atoms with Gasteiger partial charge >= 0.3 is 0 Å². The average molecular weight is 426 g/mol. The van der Waals surface area contributed by atoms with Crippen molar-refractivity contribution < 1.29 is 19.4 Å². The Hall–Kier alpha value is -4.12. The quantitative estimate of drug-likeness (QED) is 0.449. The minimum atomic E-state index is -0.842. The maximum atomic E-state index is 12.7. The Balaban J connectivity index is 2.03. The molecule has 3 rings (SSSR count). The fraction of sp³-hybridized carbons (Fsp3) is 0.0526. The van der Waals surface area contributed by atoms with Gasteiger partial charge in [-0.05, 0) is 12.5 Å². The first-order chi connectivity index (χ1) is 14.2. The number of thiophene rings is 1. The summed E-state index contributed by atoms with van der Waals surface area (Å²) in [4.78, 5) is 45.6. The van der Waals surface area contributed by atoms with E-state index in [0.717, 1.165) is 23.5 Å². The number of carbonyl (C=O) groups excluding carboxylic acids is 2. The monoisotopic (exact) mass is 426 g/mol. The number of rotatable bonds is 6. The largest absolute Gasteiger partial charge is 0.365 e. The number of anilines is 1. The van der Waals surface area contributed by atoms with Gasteiger partial charge in [0.2, 0.25) is 0 Å². The second kappa shape index (κ2) is 8.09. The van der Waals surface area contributed by atoms with Crippen LogP contribution in [0.1, 0.15) is 26.3 Å². The molecule has 0 spiro atoms. The van der Waals surface area contributed by atoms with E-state index in [0.29, 0.717) is 11.1 Å². The molecule has 3 aromatic rings. The molecule has 0 radical (unpaired) electrons. The molecule has 0 saturated heterocycles. The molecule has 11 heteroatoms. The van der Waals surface area contributed by atoms with E-state index in [9.17, 15) is 29.8 Å². The maximum Gasteiger partial charge on any atom is 0.279 e. The minimum Gasteiger partial charge on any atom is -0.365 e. The molecule has 152 valence electrons. The fourth-order valence-electron chi connectivity index (χ4n) is 2.89. The molecule has 0 aliphatic heterocycles. The zero-order chi connectivity index (χ0) is 22.0. The highest BCUT2D eigenvalue weighted by Crippen LogP contribution is 2.36. The molecule has 0 aliphatic rings. The highest BCUT2D eigenvalue weighted by molar-refractivity contribution is 7.15. The first kappa shape index (κ1) is 20.6. The van der Waals surface area contributed by atoms with Crippen LogP contribution in [0.3, 0.4) is 0 Å². The van der Waals surface area contributed by atoms with Crippen molar-refractivity contribution in [2.75, 3.05) is 5.32 Å². The number of nitrogens with one attached hydrogen (secondary N) is 1. The summed E-state index contributed by atoms with van der Waals surface area (Å²) in [5.41, 5.74) is 5.24. The van der Waals surface area contributed by atoms with E-state index in [1.54, 1.807) is 35.7 Å². The lowest BCUT2D eigenvalue weighted by Gasteiger charge is -2.08. The van der Waals surface area contributed by atoms with Gasteiger partial charge < -0.3 is 11.1 Å². The van der Waals surface area contributed by atoms with Crippen LogP contribution in [-0.2, 0) is 0 Å². The number of nitro benzene ring substituents is 2. The standard InChI is InChI=1S/C19H14N4O6S/c1-10-14(22(26)27)7-12(8-15(10)23(28)29)18(25)21-19-16(17(20)24)13(9-30-19)11-5-3-2-4-6-11/h2-9H,1H3,(H2,20,24)(H,21,25). The lowest BCUT2D eigenvalue weighted by atomic mass is 10.0. The molecule has 10 nitrogen and oxygen atoms in total. The molecule has 0 atom stereocenters. The molecule has 3 N–H and O–H groups in total. The van der Waals surface area contributed by atoms with Crippen molar-refractivity contribution in [3.05, 3.63) is 84.8 Å². The first-order valence-electron chi connectivity index (χ1n) is 8.42. The van der Waals surface area contributed by atoms with Crippen LogP contribution in [0.15, 0.2) is 47.8 Å². The van der Waals surface area contributed by atoms with E-state index < -0.39 is 33.0 Å². The number of benzene rings is 2. The van der Waals surface area contributed by atoms with Crippen molar-refractivity contribution in [2.45, 2.75) is 6.92 Å². The predicted octanol–water partition coefficient (Wildman–Crippen LogP) is 3.89. The summed E-state index contributed by atoms with van der Waals surface area (Å²) in [5, 5.41) is 26.7. The molecule has 1 heterocycles.